The van der Waals surface area contributed by atoms with E-state index >= 15 is 14.4 Å². The molecule has 0 aromatic rings. The number of amides is 11. The number of hydrogen-bond donors (Lipinski definition) is 6. The van der Waals surface area contributed by atoms with E-state index in [4.69, 9.17) is 4.74 Å². The molecule has 1 heterocycles. The Bertz CT molecular complexity index is 2540. The van der Waals surface area contributed by atoms with E-state index in [1.54, 1.807) is 39.5 Å². The van der Waals surface area contributed by atoms with Crippen LogP contribution in [0.1, 0.15) is 177 Å². The monoisotopic (exact) mass is 1320 g/mol. The van der Waals surface area contributed by atoms with Crippen LogP contribution in [0, 0.1) is 47.3 Å². The molecule has 6 N–H and O–H groups in total. The Morgan fingerprint density at radius 1 is 0.495 bits per heavy atom. The van der Waals surface area contributed by atoms with Crippen LogP contribution in [-0.2, 0) is 62.3 Å². The molecule has 93 heavy (non-hydrogen) atoms. The first-order valence-corrected chi connectivity index (χ1v) is 33.4. The molecule has 11 amide bonds. The van der Waals surface area contributed by atoms with Gasteiger partial charge in [0.05, 0.1) is 18.8 Å². The average Bonchev–Trinajstić information content (AvgIpc) is 0.845. The first-order chi connectivity index (χ1) is 42.7. The number of carbonyl (C=O) groups excluding carboxylic acids is 12. The molecule has 26 heteroatoms. The van der Waals surface area contributed by atoms with E-state index < -0.39 is 162 Å². The molecule has 0 radical (unpaired) electrons. The van der Waals surface area contributed by atoms with Crippen LogP contribution in [0.15, 0.2) is 0 Å². The summed E-state index contributed by atoms with van der Waals surface area (Å²) in [5.41, 5.74) is 0. The van der Waals surface area contributed by atoms with Crippen molar-refractivity contribution in [2.24, 2.45) is 47.3 Å². The molecule has 0 aliphatic carbocycles. The van der Waals surface area contributed by atoms with Crippen molar-refractivity contribution in [1.29, 1.82) is 0 Å². The summed E-state index contributed by atoms with van der Waals surface area (Å²) in [5, 5.41) is 34.6. The lowest BCUT2D eigenvalue weighted by molar-refractivity contribution is -0.166. The highest BCUT2D eigenvalue weighted by Crippen LogP contribution is 2.25. The van der Waals surface area contributed by atoms with Gasteiger partial charge in [0.15, 0.2) is 6.10 Å². The summed E-state index contributed by atoms with van der Waals surface area (Å²) in [7, 11) is 8.03. The van der Waals surface area contributed by atoms with Gasteiger partial charge in [0.2, 0.25) is 59.1 Å². The zero-order valence-electron chi connectivity index (χ0n) is 61.1. The van der Waals surface area contributed by atoms with Crippen molar-refractivity contribution in [3.8, 4) is 0 Å². The largest absolute Gasteiger partial charge is 0.450 e. The SMILES string of the molecule is CC(=O)N(CC[C@@H](C)C(O)[C@@H]1C(=O)N[C@@H](C(C)O)C(=O)N(C)CC(=O)N(C)[C@@H](CC(C)C)C(=O)N[C@H](CC(C)C)C(=O)N(C)[C@@H](CC(C)C)C(=O)N[C@@H](C)C(=O)O[C@@H](C(C)C)C(=O)N(C)[C@@H](CC(C)C)C(=O)N[C@H](CC(C)C)C(=O)N(C)[C@H](C(C)C)C(=O)N1C)C(C)C. The Labute approximate surface area is 555 Å². The first kappa shape index (κ1) is 84.6. The number of likely N-dealkylation sites (N-methyl/N-ethyl adjacent to an activating group) is 6. The summed E-state index contributed by atoms with van der Waals surface area (Å²) in [6, 6.07) is -12.8. The van der Waals surface area contributed by atoms with Crippen molar-refractivity contribution in [2.75, 3.05) is 55.4 Å². The lowest BCUT2D eigenvalue weighted by atomic mass is 9.91. The summed E-state index contributed by atoms with van der Waals surface area (Å²) in [4.78, 5) is 183. The molecule has 1 fully saturated rings. The second kappa shape index (κ2) is 38.2. The lowest BCUT2D eigenvalue weighted by Crippen LogP contribution is -2.64. The van der Waals surface area contributed by atoms with E-state index in [9.17, 15) is 53.4 Å². The van der Waals surface area contributed by atoms with Gasteiger partial charge in [-0.3, -0.25) is 52.7 Å². The molecule has 1 rings (SSSR count). The summed E-state index contributed by atoms with van der Waals surface area (Å²) < 4.78 is 5.90. The lowest BCUT2D eigenvalue weighted by Gasteiger charge is -2.40. The van der Waals surface area contributed by atoms with Gasteiger partial charge in [0.25, 0.3) is 5.91 Å². The number of nitrogens with zero attached hydrogens (tertiary/aromatic N) is 7. The van der Waals surface area contributed by atoms with E-state index in [0.29, 0.717) is 0 Å². The maximum Gasteiger partial charge on any atom is 0.329 e. The maximum atomic E-state index is 15.3. The van der Waals surface area contributed by atoms with Crippen LogP contribution in [-0.4, -0.2) is 250 Å². The minimum atomic E-state index is -1.83. The molecule has 1 saturated heterocycles. The predicted octanol–water partition coefficient (Wildman–Crippen LogP) is 3.03. The Hall–Kier alpha value is -6.44. The van der Waals surface area contributed by atoms with E-state index in [-0.39, 0.29) is 86.6 Å². The molecule has 0 aromatic heterocycles. The van der Waals surface area contributed by atoms with Gasteiger partial charge in [-0.25, -0.2) is 4.79 Å². The number of nitrogens with one attached hydrogen (secondary N) is 4. The summed E-state index contributed by atoms with van der Waals surface area (Å²) in [5.74, 6) is -12.3. The summed E-state index contributed by atoms with van der Waals surface area (Å²) >= 11 is 0. The molecule has 0 spiro atoms. The van der Waals surface area contributed by atoms with Gasteiger partial charge in [-0.05, 0) is 114 Å². The van der Waals surface area contributed by atoms with Crippen molar-refractivity contribution in [2.45, 2.75) is 256 Å². The Kier molecular flexibility index (Phi) is 34.7. The van der Waals surface area contributed by atoms with Gasteiger partial charge in [-0.1, -0.05) is 104 Å². The second-order valence-electron chi connectivity index (χ2n) is 29.1. The summed E-state index contributed by atoms with van der Waals surface area (Å²) in [6.45, 7) is 33.7. The van der Waals surface area contributed by atoms with E-state index in [1.807, 2.05) is 83.1 Å². The molecular formula is C67H121N11O15. The molecule has 26 nitrogen and oxygen atoms in total. The number of carbonyl (C=O) groups is 12. The van der Waals surface area contributed by atoms with Crippen LogP contribution in [0.25, 0.3) is 0 Å². The van der Waals surface area contributed by atoms with E-state index in [2.05, 4.69) is 21.3 Å². The minimum absolute atomic E-state index is 0.0553. The van der Waals surface area contributed by atoms with Gasteiger partial charge >= 0.3 is 5.97 Å². The van der Waals surface area contributed by atoms with Crippen LogP contribution in [0.4, 0.5) is 0 Å². The van der Waals surface area contributed by atoms with Crippen molar-refractivity contribution in [1.82, 2.24) is 55.6 Å². The zero-order chi connectivity index (χ0) is 72.3. The zero-order valence-corrected chi connectivity index (χ0v) is 61.1. The van der Waals surface area contributed by atoms with Crippen molar-refractivity contribution in [3.63, 3.8) is 0 Å². The number of esters is 1. The predicted molar refractivity (Wildman–Crippen MR) is 355 cm³/mol. The molecule has 1 aliphatic rings. The fraction of sp³-hybridized carbons (Fsp3) is 0.821. The van der Waals surface area contributed by atoms with Crippen molar-refractivity contribution >= 4 is 70.9 Å². The number of cyclic esters (lactones) is 1. The third kappa shape index (κ3) is 25.0. The van der Waals surface area contributed by atoms with Gasteiger partial charge in [-0.2, -0.15) is 0 Å². The smallest absolute Gasteiger partial charge is 0.329 e. The topological polar surface area (TPSA) is 325 Å². The maximum absolute atomic E-state index is 15.3. The average molecular weight is 1320 g/mol. The van der Waals surface area contributed by atoms with Crippen LogP contribution in [0.5, 0.6) is 0 Å². The van der Waals surface area contributed by atoms with Crippen molar-refractivity contribution < 1.29 is 72.5 Å². The molecule has 1 aliphatic heterocycles. The highest BCUT2D eigenvalue weighted by molar-refractivity contribution is 5.99. The van der Waals surface area contributed by atoms with E-state index in [0.717, 1.165) is 24.5 Å². The number of ether oxygens (including phenoxy) is 1. The molecule has 2 unspecified atom stereocenters. The van der Waals surface area contributed by atoms with Crippen molar-refractivity contribution in [3.05, 3.63) is 0 Å². The van der Waals surface area contributed by atoms with Crippen LogP contribution >= 0.6 is 0 Å². The van der Waals surface area contributed by atoms with Crippen LogP contribution in [0.2, 0.25) is 0 Å². The third-order valence-electron chi connectivity index (χ3n) is 17.2. The first-order valence-electron chi connectivity index (χ1n) is 33.4. The molecule has 0 aromatic carbocycles. The Balaban J connectivity index is 4.48. The Morgan fingerprint density at radius 2 is 0.892 bits per heavy atom. The number of aliphatic hydroxyl groups is 2. The van der Waals surface area contributed by atoms with Crippen LogP contribution < -0.4 is 21.3 Å². The van der Waals surface area contributed by atoms with Crippen LogP contribution in [0.3, 0.4) is 0 Å². The molecule has 0 saturated carbocycles. The highest BCUT2D eigenvalue weighted by Gasteiger charge is 2.46. The van der Waals surface area contributed by atoms with Gasteiger partial charge in [0, 0.05) is 61.8 Å². The number of aliphatic hydroxyl groups excluding tert-OH is 2. The normalized spacial score (nSPS) is 25.8. The fourth-order valence-electron chi connectivity index (χ4n) is 11.6. The van der Waals surface area contributed by atoms with Gasteiger partial charge in [0.1, 0.15) is 54.4 Å². The fourth-order valence-corrected chi connectivity index (χ4v) is 11.6. The summed E-state index contributed by atoms with van der Waals surface area (Å²) in [6.07, 6.45) is -4.27. The van der Waals surface area contributed by atoms with Gasteiger partial charge < -0.3 is 70.5 Å². The quantitative estimate of drug-likeness (QED) is 0.101. The molecule has 0 bridgehead atoms. The second-order valence-corrected chi connectivity index (χ2v) is 29.1. The molecule has 13 atom stereocenters. The molecular weight excluding hydrogens is 1200 g/mol. The molecule has 534 valence electrons. The van der Waals surface area contributed by atoms with Gasteiger partial charge in [-0.15, -0.1) is 0 Å². The number of hydrogen-bond acceptors (Lipinski definition) is 15. The standard InChI is InChI=1S/C67H121N11O15/c1-35(2)29-47-62(87)74(23)50(32-38(7)8)58(83)68-44(18)67(92)93-57(41(13)14)66(91)75(24)51(33-39(9)10)60(85)70-48(30-36(3)4)63(88)76(25)54(40(11)12)65(90)77(26)55(56(82)43(17)27-28-78(42(15)16)46(20)80)61(86)71-53(45(19)79)64(89)72(21)34-52(81)73(22)49(31-37(5)6)59(84)69-47/h35-45,47-51,53-57,79,82H,27-34H2,1-26H3,(H,68,83)(H,69,84)(H,70,85)(H,71,86)/t43-,44+,45?,47-,48-,49+,50+,51+,53+,54-,55-,56?,57+/m1/s1. The van der Waals surface area contributed by atoms with E-state index in [1.165, 1.54) is 68.0 Å². The third-order valence-corrected chi connectivity index (χ3v) is 17.2. The minimum Gasteiger partial charge on any atom is -0.450 e. The highest BCUT2D eigenvalue weighted by atomic mass is 16.6. The number of rotatable bonds is 19. The Morgan fingerprint density at radius 3 is 1.28 bits per heavy atom.